The lowest BCUT2D eigenvalue weighted by Crippen LogP contribution is -2.37. The summed E-state index contributed by atoms with van der Waals surface area (Å²) in [6.45, 7) is 1.16. The Morgan fingerprint density at radius 1 is 1.24 bits per heavy atom. The second-order valence-corrected chi connectivity index (χ2v) is 7.28. The molecule has 0 aliphatic heterocycles. The smallest absolute Gasteiger partial charge is 0.356 e. The van der Waals surface area contributed by atoms with Gasteiger partial charge in [-0.2, -0.15) is 13.2 Å². The van der Waals surface area contributed by atoms with Crippen LogP contribution < -0.4 is 10.6 Å². The molecule has 0 amide bonds. The molecule has 4 nitrogen and oxygen atoms in total. The minimum Gasteiger partial charge on any atom is -0.356 e. The normalized spacial score (nSPS) is 12.2. The Balaban J connectivity index is 1.67. The highest BCUT2D eigenvalue weighted by atomic mass is 32.2. The summed E-state index contributed by atoms with van der Waals surface area (Å²) in [6, 6.07) is 5.10. The van der Waals surface area contributed by atoms with E-state index in [2.05, 4.69) is 20.6 Å². The van der Waals surface area contributed by atoms with Gasteiger partial charge < -0.3 is 10.6 Å². The van der Waals surface area contributed by atoms with E-state index < -0.39 is 11.7 Å². The fraction of sp³-hybridized carbons (Fsp3) is 0.375. The van der Waals surface area contributed by atoms with E-state index in [-0.39, 0.29) is 0 Å². The molecule has 2 rings (SSSR count). The van der Waals surface area contributed by atoms with Gasteiger partial charge in [0.25, 0.3) is 0 Å². The third kappa shape index (κ3) is 6.95. The third-order valence-electron chi connectivity index (χ3n) is 3.21. The van der Waals surface area contributed by atoms with Crippen molar-refractivity contribution in [3.8, 4) is 0 Å². The average molecular weight is 388 g/mol. The minimum absolute atomic E-state index is 0.408. The number of nitrogens with zero attached hydrogens (tertiary/aromatic N) is 2. The number of hydrogen-bond acceptors (Lipinski definition) is 4. The van der Waals surface area contributed by atoms with Crippen molar-refractivity contribution in [2.75, 3.05) is 19.3 Å². The summed E-state index contributed by atoms with van der Waals surface area (Å²) >= 11 is 3.34. The molecule has 1 heterocycles. The molecule has 1 aromatic heterocycles. The fourth-order valence-corrected chi connectivity index (χ4v) is 3.59. The Morgan fingerprint density at radius 3 is 2.60 bits per heavy atom. The summed E-state index contributed by atoms with van der Waals surface area (Å²) in [7, 11) is 1.66. The van der Waals surface area contributed by atoms with Gasteiger partial charge in [-0.25, -0.2) is 4.98 Å². The van der Waals surface area contributed by atoms with Crippen LogP contribution in [0.5, 0.6) is 0 Å². The Kier molecular flexibility index (Phi) is 7.57. The van der Waals surface area contributed by atoms with Crippen molar-refractivity contribution in [3.05, 3.63) is 47.0 Å². The topological polar surface area (TPSA) is 49.3 Å². The molecule has 0 aliphatic rings. The van der Waals surface area contributed by atoms with Gasteiger partial charge in [0.1, 0.15) is 4.34 Å². The molecular formula is C16H19F3N4S2. The van der Waals surface area contributed by atoms with Gasteiger partial charge in [0.05, 0.1) is 5.56 Å². The standard InChI is InChI=1S/C16H19F3N4S2/c1-20-14(21-7-2-9-24-15-22-8-10-25-15)23-11-12-3-5-13(6-4-12)16(17,18)19/h3-6,8,10H,2,7,9,11H2,1H3,(H2,20,21,23). The van der Waals surface area contributed by atoms with Crippen LogP contribution in [0.15, 0.2) is 45.2 Å². The molecular weight excluding hydrogens is 369 g/mol. The molecule has 0 atom stereocenters. The first-order chi connectivity index (χ1) is 12.0. The summed E-state index contributed by atoms with van der Waals surface area (Å²) in [5.41, 5.74) is 0.117. The summed E-state index contributed by atoms with van der Waals surface area (Å²) in [4.78, 5) is 8.31. The van der Waals surface area contributed by atoms with Gasteiger partial charge in [-0.3, -0.25) is 4.99 Å². The number of aliphatic imine (C=N–C) groups is 1. The SMILES string of the molecule is CN=C(NCCCSc1nccs1)NCc1ccc(C(F)(F)F)cc1. The van der Waals surface area contributed by atoms with Gasteiger partial charge in [-0.1, -0.05) is 23.9 Å². The Labute approximate surface area is 153 Å². The van der Waals surface area contributed by atoms with Gasteiger partial charge in [0.15, 0.2) is 5.96 Å². The quantitative estimate of drug-likeness (QED) is 0.326. The summed E-state index contributed by atoms with van der Waals surface area (Å²) < 4.78 is 38.7. The Bertz CT molecular complexity index is 655. The van der Waals surface area contributed by atoms with Crippen LogP contribution in [0.3, 0.4) is 0 Å². The highest BCUT2D eigenvalue weighted by Crippen LogP contribution is 2.29. The summed E-state index contributed by atoms with van der Waals surface area (Å²) in [6.07, 6.45) is -1.57. The average Bonchev–Trinajstić information content (AvgIpc) is 3.10. The maximum Gasteiger partial charge on any atom is 0.416 e. The number of aromatic nitrogens is 1. The number of halogens is 3. The van der Waals surface area contributed by atoms with E-state index in [4.69, 9.17) is 0 Å². The Hall–Kier alpha value is -1.74. The van der Waals surface area contributed by atoms with Crippen molar-refractivity contribution < 1.29 is 13.2 Å². The summed E-state index contributed by atoms with van der Waals surface area (Å²) in [5, 5.41) is 8.22. The van der Waals surface area contributed by atoms with Crippen LogP contribution in [0, 0.1) is 0 Å². The first kappa shape index (κ1) is 19.6. The largest absolute Gasteiger partial charge is 0.416 e. The van der Waals surface area contributed by atoms with E-state index in [0.29, 0.717) is 12.5 Å². The first-order valence-electron chi connectivity index (χ1n) is 7.62. The van der Waals surface area contributed by atoms with E-state index in [1.165, 1.54) is 12.1 Å². The van der Waals surface area contributed by atoms with Crippen LogP contribution in [0.1, 0.15) is 17.5 Å². The van der Waals surface area contributed by atoms with Crippen molar-refractivity contribution in [2.24, 2.45) is 4.99 Å². The lowest BCUT2D eigenvalue weighted by Gasteiger charge is -2.12. The number of hydrogen-bond donors (Lipinski definition) is 2. The number of thiazole rings is 1. The van der Waals surface area contributed by atoms with Crippen LogP contribution >= 0.6 is 23.1 Å². The van der Waals surface area contributed by atoms with Gasteiger partial charge in [0, 0.05) is 37.5 Å². The summed E-state index contributed by atoms with van der Waals surface area (Å²) in [5.74, 6) is 1.58. The predicted octanol–water partition coefficient (Wildman–Crippen LogP) is 4.01. The van der Waals surface area contributed by atoms with Crippen molar-refractivity contribution in [1.29, 1.82) is 0 Å². The zero-order chi connectivity index (χ0) is 18.1. The van der Waals surface area contributed by atoms with E-state index >= 15 is 0 Å². The molecule has 0 bridgehead atoms. The molecule has 136 valence electrons. The molecule has 0 radical (unpaired) electrons. The monoisotopic (exact) mass is 388 g/mol. The predicted molar refractivity (Wildman–Crippen MR) is 97.1 cm³/mol. The van der Waals surface area contributed by atoms with Crippen molar-refractivity contribution in [3.63, 3.8) is 0 Å². The maximum absolute atomic E-state index is 12.5. The lowest BCUT2D eigenvalue weighted by atomic mass is 10.1. The van der Waals surface area contributed by atoms with Gasteiger partial charge in [-0.05, 0) is 24.1 Å². The van der Waals surface area contributed by atoms with Crippen LogP contribution in [0.2, 0.25) is 0 Å². The van der Waals surface area contributed by atoms with Crippen LogP contribution in [-0.2, 0) is 12.7 Å². The molecule has 0 unspecified atom stereocenters. The molecule has 25 heavy (non-hydrogen) atoms. The van der Waals surface area contributed by atoms with E-state index in [1.54, 1.807) is 36.3 Å². The highest BCUT2D eigenvalue weighted by molar-refractivity contribution is 8.00. The van der Waals surface area contributed by atoms with Gasteiger partial charge in [0.2, 0.25) is 0 Å². The molecule has 1 aromatic carbocycles. The van der Waals surface area contributed by atoms with E-state index in [0.717, 1.165) is 40.8 Å². The zero-order valence-electron chi connectivity index (χ0n) is 13.6. The third-order valence-corrected chi connectivity index (χ3v) is 5.27. The molecule has 0 spiro atoms. The van der Waals surface area contributed by atoms with E-state index in [1.807, 2.05) is 5.38 Å². The van der Waals surface area contributed by atoms with Crippen LogP contribution in [0.25, 0.3) is 0 Å². The molecule has 0 aliphatic carbocycles. The van der Waals surface area contributed by atoms with Gasteiger partial charge in [-0.15, -0.1) is 11.3 Å². The maximum atomic E-state index is 12.5. The Morgan fingerprint density at radius 2 is 2.00 bits per heavy atom. The molecule has 0 saturated heterocycles. The van der Waals surface area contributed by atoms with Crippen LogP contribution in [-0.4, -0.2) is 30.3 Å². The molecule has 2 N–H and O–H groups in total. The van der Waals surface area contributed by atoms with Crippen molar-refractivity contribution in [1.82, 2.24) is 15.6 Å². The van der Waals surface area contributed by atoms with Gasteiger partial charge >= 0.3 is 6.18 Å². The number of thioether (sulfide) groups is 1. The molecule has 0 saturated carbocycles. The fourth-order valence-electron chi connectivity index (χ4n) is 1.94. The number of benzene rings is 1. The molecule has 9 heteroatoms. The number of guanidine groups is 1. The highest BCUT2D eigenvalue weighted by Gasteiger charge is 2.29. The minimum atomic E-state index is -4.31. The second-order valence-electron chi connectivity index (χ2n) is 5.05. The number of rotatable bonds is 7. The molecule has 2 aromatic rings. The number of nitrogens with one attached hydrogen (secondary N) is 2. The van der Waals surface area contributed by atoms with Crippen LogP contribution in [0.4, 0.5) is 13.2 Å². The van der Waals surface area contributed by atoms with Crippen molar-refractivity contribution >= 4 is 29.1 Å². The second kappa shape index (κ2) is 9.67. The zero-order valence-corrected chi connectivity index (χ0v) is 15.3. The lowest BCUT2D eigenvalue weighted by molar-refractivity contribution is -0.137. The van der Waals surface area contributed by atoms with E-state index in [9.17, 15) is 13.2 Å². The molecule has 0 fully saturated rings. The first-order valence-corrected chi connectivity index (χ1v) is 9.48. The van der Waals surface area contributed by atoms with Crippen molar-refractivity contribution in [2.45, 2.75) is 23.5 Å². The number of alkyl halides is 3.